The average Bonchev–Trinajstić information content (AvgIpc) is 2.94. The lowest BCUT2D eigenvalue weighted by atomic mass is 10.1. The molecule has 0 saturated carbocycles. The number of Topliss-reactive ketones (excluding diaryl/α,β-unsaturated/α-hetero) is 1. The number of esters is 1. The van der Waals surface area contributed by atoms with Crippen molar-refractivity contribution < 1.29 is 23.8 Å². The third kappa shape index (κ3) is 3.26. The Balaban J connectivity index is 1.90. The molecule has 2 aromatic rings. The number of allylic oxidation sites excluding steroid dienone is 1. The number of carbonyl (C=O) groups excluding carboxylic acids is 2. The van der Waals surface area contributed by atoms with Gasteiger partial charge in [0.2, 0.25) is 5.78 Å². The molecule has 1 unspecified atom stereocenters. The highest BCUT2D eigenvalue weighted by Gasteiger charge is 2.30. The number of benzene rings is 2. The zero-order valence-electron chi connectivity index (χ0n) is 14.2. The van der Waals surface area contributed by atoms with Crippen LogP contribution in [0.4, 0.5) is 0 Å². The number of carbonyl (C=O) groups is 2. The Morgan fingerprint density at radius 3 is 2.56 bits per heavy atom. The first-order valence-electron chi connectivity index (χ1n) is 7.88. The summed E-state index contributed by atoms with van der Waals surface area (Å²) in [4.78, 5) is 24.1. The van der Waals surface area contributed by atoms with Gasteiger partial charge in [-0.25, -0.2) is 4.79 Å². The highest BCUT2D eigenvalue weighted by molar-refractivity contribution is 6.14. The molecule has 5 heteroatoms. The Kier molecular flexibility index (Phi) is 4.57. The van der Waals surface area contributed by atoms with Gasteiger partial charge in [0, 0.05) is 5.56 Å². The predicted molar refractivity (Wildman–Crippen MR) is 92.7 cm³/mol. The Morgan fingerprint density at radius 1 is 1.16 bits per heavy atom. The predicted octanol–water partition coefficient (Wildman–Crippen LogP) is 3.55. The molecule has 128 valence electrons. The van der Waals surface area contributed by atoms with Crippen LogP contribution in [0, 0.1) is 6.92 Å². The topological polar surface area (TPSA) is 61.8 Å². The monoisotopic (exact) mass is 338 g/mol. The molecule has 25 heavy (non-hydrogen) atoms. The third-order valence-electron chi connectivity index (χ3n) is 3.97. The molecule has 0 aliphatic carbocycles. The molecule has 2 aromatic carbocycles. The molecule has 0 radical (unpaired) electrons. The van der Waals surface area contributed by atoms with E-state index >= 15 is 0 Å². The maximum absolute atomic E-state index is 12.5. The molecule has 0 fully saturated rings. The van der Waals surface area contributed by atoms with Crippen LogP contribution in [0.25, 0.3) is 6.08 Å². The Hall–Kier alpha value is -3.08. The van der Waals surface area contributed by atoms with Crippen molar-refractivity contribution in [1.29, 1.82) is 0 Å². The summed E-state index contributed by atoms with van der Waals surface area (Å²) in [6.07, 6.45) is 0.956. The van der Waals surface area contributed by atoms with E-state index in [-0.39, 0.29) is 11.5 Å². The van der Waals surface area contributed by atoms with E-state index in [1.54, 1.807) is 32.1 Å². The van der Waals surface area contributed by atoms with E-state index in [1.807, 2.05) is 30.3 Å². The number of ketones is 1. The number of fused-ring (bicyclic) bond motifs is 1. The van der Waals surface area contributed by atoms with Crippen LogP contribution in [0.3, 0.4) is 0 Å². The first kappa shape index (κ1) is 16.8. The molecule has 1 aliphatic rings. The van der Waals surface area contributed by atoms with E-state index in [1.165, 1.54) is 7.11 Å². The van der Waals surface area contributed by atoms with Crippen molar-refractivity contribution in [1.82, 2.24) is 0 Å². The maximum Gasteiger partial charge on any atom is 0.346 e. The number of rotatable bonds is 4. The van der Waals surface area contributed by atoms with Gasteiger partial charge in [-0.05, 0) is 37.6 Å². The SMILES string of the molecule is COC(=O)C(C)Oc1ccc2c(c1C)O/C(=C\c1ccccc1)C2=O. The molecule has 3 rings (SSSR count). The van der Waals surface area contributed by atoms with Crippen molar-refractivity contribution in [2.45, 2.75) is 20.0 Å². The van der Waals surface area contributed by atoms with Gasteiger partial charge in [-0.3, -0.25) is 4.79 Å². The van der Waals surface area contributed by atoms with Crippen molar-refractivity contribution in [3.8, 4) is 11.5 Å². The van der Waals surface area contributed by atoms with E-state index in [0.717, 1.165) is 5.56 Å². The minimum Gasteiger partial charge on any atom is -0.479 e. The summed E-state index contributed by atoms with van der Waals surface area (Å²) in [5.74, 6) is 0.561. The molecule has 0 N–H and O–H groups in total. The van der Waals surface area contributed by atoms with Crippen LogP contribution in [-0.4, -0.2) is 25.0 Å². The standard InChI is InChI=1S/C20H18O5/c1-12-16(24-13(2)20(22)23-3)10-9-15-18(21)17(25-19(12)15)11-14-7-5-4-6-8-14/h4-11,13H,1-3H3/b17-11-. The van der Waals surface area contributed by atoms with Crippen molar-refractivity contribution >= 4 is 17.8 Å². The van der Waals surface area contributed by atoms with Crippen LogP contribution in [0.1, 0.15) is 28.4 Å². The van der Waals surface area contributed by atoms with Gasteiger partial charge in [-0.15, -0.1) is 0 Å². The van der Waals surface area contributed by atoms with Gasteiger partial charge in [-0.2, -0.15) is 0 Å². The van der Waals surface area contributed by atoms with Crippen LogP contribution in [0.15, 0.2) is 48.2 Å². The van der Waals surface area contributed by atoms with E-state index in [0.29, 0.717) is 22.6 Å². The van der Waals surface area contributed by atoms with Crippen LogP contribution in [-0.2, 0) is 9.53 Å². The zero-order valence-corrected chi connectivity index (χ0v) is 14.2. The zero-order chi connectivity index (χ0) is 18.0. The number of hydrogen-bond acceptors (Lipinski definition) is 5. The van der Waals surface area contributed by atoms with Crippen LogP contribution in [0.5, 0.6) is 11.5 Å². The van der Waals surface area contributed by atoms with Gasteiger partial charge in [0.25, 0.3) is 0 Å². The Morgan fingerprint density at radius 2 is 1.88 bits per heavy atom. The third-order valence-corrected chi connectivity index (χ3v) is 3.97. The normalized spacial score (nSPS) is 15.5. The molecule has 5 nitrogen and oxygen atoms in total. The molecule has 0 bridgehead atoms. The van der Waals surface area contributed by atoms with Gasteiger partial charge in [0.05, 0.1) is 12.7 Å². The number of methoxy groups -OCH3 is 1. The van der Waals surface area contributed by atoms with E-state index in [4.69, 9.17) is 9.47 Å². The van der Waals surface area contributed by atoms with Crippen molar-refractivity contribution in [3.05, 3.63) is 64.9 Å². The van der Waals surface area contributed by atoms with Gasteiger partial charge in [0.15, 0.2) is 11.9 Å². The number of hydrogen-bond donors (Lipinski definition) is 0. The summed E-state index contributed by atoms with van der Waals surface area (Å²) in [7, 11) is 1.31. The van der Waals surface area contributed by atoms with Crippen LogP contribution in [0.2, 0.25) is 0 Å². The molecule has 0 saturated heterocycles. The summed E-state index contributed by atoms with van der Waals surface area (Å²) in [5.41, 5.74) is 2.03. The molecular weight excluding hydrogens is 320 g/mol. The lowest BCUT2D eigenvalue weighted by molar-refractivity contribution is -0.147. The minimum absolute atomic E-state index is 0.172. The second-order valence-corrected chi connectivity index (χ2v) is 5.70. The van der Waals surface area contributed by atoms with Crippen molar-refractivity contribution in [2.75, 3.05) is 7.11 Å². The molecule has 1 atom stereocenters. The lowest BCUT2D eigenvalue weighted by Crippen LogP contribution is -2.25. The summed E-state index contributed by atoms with van der Waals surface area (Å²) in [6.45, 7) is 3.39. The van der Waals surface area contributed by atoms with Gasteiger partial charge < -0.3 is 14.2 Å². The maximum atomic E-state index is 12.5. The smallest absolute Gasteiger partial charge is 0.346 e. The average molecular weight is 338 g/mol. The fourth-order valence-electron chi connectivity index (χ4n) is 2.60. The van der Waals surface area contributed by atoms with E-state index in [9.17, 15) is 9.59 Å². The summed E-state index contributed by atoms with van der Waals surface area (Å²) in [6, 6.07) is 12.8. The molecule has 0 spiro atoms. The lowest BCUT2D eigenvalue weighted by Gasteiger charge is -2.15. The van der Waals surface area contributed by atoms with Crippen LogP contribution < -0.4 is 9.47 Å². The van der Waals surface area contributed by atoms with E-state index < -0.39 is 12.1 Å². The second kappa shape index (κ2) is 6.81. The Bertz CT molecular complexity index is 852. The molecule has 1 heterocycles. The van der Waals surface area contributed by atoms with Crippen LogP contribution >= 0.6 is 0 Å². The van der Waals surface area contributed by atoms with Gasteiger partial charge in [-0.1, -0.05) is 30.3 Å². The molecule has 0 aromatic heterocycles. The first-order valence-corrected chi connectivity index (χ1v) is 7.88. The molecular formula is C20H18O5. The Labute approximate surface area is 145 Å². The molecule has 0 amide bonds. The summed E-state index contributed by atoms with van der Waals surface area (Å²) in [5, 5.41) is 0. The van der Waals surface area contributed by atoms with E-state index in [2.05, 4.69) is 4.74 Å². The van der Waals surface area contributed by atoms with Crippen molar-refractivity contribution in [2.24, 2.45) is 0 Å². The highest BCUT2D eigenvalue weighted by Crippen LogP contribution is 2.39. The number of ether oxygens (including phenoxy) is 3. The van der Waals surface area contributed by atoms with Gasteiger partial charge >= 0.3 is 5.97 Å². The second-order valence-electron chi connectivity index (χ2n) is 5.70. The summed E-state index contributed by atoms with van der Waals surface area (Å²) >= 11 is 0. The molecule has 1 aliphatic heterocycles. The van der Waals surface area contributed by atoms with Crippen molar-refractivity contribution in [3.63, 3.8) is 0 Å². The minimum atomic E-state index is -0.752. The fraction of sp³-hybridized carbons (Fsp3) is 0.200. The first-order chi connectivity index (χ1) is 12.0. The largest absolute Gasteiger partial charge is 0.479 e. The van der Waals surface area contributed by atoms with Gasteiger partial charge in [0.1, 0.15) is 11.5 Å². The fourth-order valence-corrected chi connectivity index (χ4v) is 2.60. The summed E-state index contributed by atoms with van der Waals surface area (Å²) < 4.78 is 16.1. The highest BCUT2D eigenvalue weighted by atomic mass is 16.6. The quantitative estimate of drug-likeness (QED) is 0.630.